The van der Waals surface area contributed by atoms with Crippen LogP contribution in [0, 0.1) is 0 Å². The van der Waals surface area contributed by atoms with Crippen molar-refractivity contribution in [2.45, 2.75) is 10.1 Å². The van der Waals surface area contributed by atoms with E-state index in [4.69, 9.17) is 5.11 Å². The Kier molecular flexibility index (Phi) is 2.68. The van der Waals surface area contributed by atoms with E-state index in [1.807, 2.05) is 0 Å². The molecule has 76 valence electrons. The van der Waals surface area contributed by atoms with Gasteiger partial charge in [0.05, 0.1) is 0 Å². The first-order chi connectivity index (χ1) is 7.25. The number of rotatable bonds is 3. The van der Waals surface area contributed by atoms with Crippen molar-refractivity contribution in [3.05, 3.63) is 36.4 Å². The molecular formula is C9H7N3O2S. The second kappa shape index (κ2) is 4.14. The molecule has 0 fully saturated rings. The number of carbonyl (C=O) groups is 1. The molecule has 0 unspecified atom stereocenters. The van der Waals surface area contributed by atoms with E-state index < -0.39 is 5.97 Å². The van der Waals surface area contributed by atoms with Crippen LogP contribution in [0.1, 0.15) is 10.5 Å². The van der Waals surface area contributed by atoms with E-state index in [9.17, 15) is 4.79 Å². The summed E-state index contributed by atoms with van der Waals surface area (Å²) >= 11 is 1.39. The van der Waals surface area contributed by atoms with Crippen molar-refractivity contribution in [1.29, 1.82) is 0 Å². The third kappa shape index (κ3) is 2.35. The Hall–Kier alpha value is -1.82. The second-order valence-corrected chi connectivity index (χ2v) is 3.74. The van der Waals surface area contributed by atoms with Gasteiger partial charge in [-0.3, -0.25) is 0 Å². The van der Waals surface area contributed by atoms with Crippen LogP contribution in [-0.4, -0.2) is 26.0 Å². The molecule has 0 bridgehead atoms. The Balaban J connectivity index is 2.14. The minimum absolute atomic E-state index is 0.0406. The first kappa shape index (κ1) is 9.72. The number of nitrogens with zero attached hydrogens (tertiary/aromatic N) is 2. The number of aromatic nitrogens is 3. The molecular weight excluding hydrogens is 214 g/mol. The minimum Gasteiger partial charge on any atom is -0.477 e. The van der Waals surface area contributed by atoms with Crippen LogP contribution in [0.4, 0.5) is 0 Å². The van der Waals surface area contributed by atoms with Crippen molar-refractivity contribution >= 4 is 17.7 Å². The van der Waals surface area contributed by atoms with E-state index in [2.05, 4.69) is 15.0 Å². The number of H-pyrrole nitrogens is 1. The lowest BCUT2D eigenvalue weighted by molar-refractivity contribution is 0.0690. The number of pyridine rings is 1. The van der Waals surface area contributed by atoms with E-state index >= 15 is 0 Å². The third-order valence-corrected chi connectivity index (χ3v) is 2.54. The smallest absolute Gasteiger partial charge is 0.354 e. The zero-order chi connectivity index (χ0) is 10.7. The molecule has 2 heterocycles. The predicted molar refractivity (Wildman–Crippen MR) is 53.9 cm³/mol. The Morgan fingerprint density at radius 2 is 2.27 bits per heavy atom. The summed E-state index contributed by atoms with van der Waals surface area (Å²) < 4.78 is 0. The fourth-order valence-electron chi connectivity index (χ4n) is 0.985. The van der Waals surface area contributed by atoms with Crippen molar-refractivity contribution in [2.24, 2.45) is 0 Å². The molecule has 0 aliphatic carbocycles. The maximum absolute atomic E-state index is 10.5. The first-order valence-corrected chi connectivity index (χ1v) is 4.94. The maximum atomic E-state index is 10.5. The van der Waals surface area contributed by atoms with Crippen LogP contribution in [0.5, 0.6) is 0 Å². The van der Waals surface area contributed by atoms with Gasteiger partial charge in [-0.1, -0.05) is 11.8 Å². The molecule has 15 heavy (non-hydrogen) atoms. The van der Waals surface area contributed by atoms with Gasteiger partial charge in [0, 0.05) is 23.5 Å². The van der Waals surface area contributed by atoms with Crippen molar-refractivity contribution in [1.82, 2.24) is 15.0 Å². The molecule has 0 amide bonds. The van der Waals surface area contributed by atoms with Gasteiger partial charge in [-0.15, -0.1) is 0 Å². The molecule has 0 atom stereocenters. The highest BCUT2D eigenvalue weighted by molar-refractivity contribution is 7.99. The molecule has 0 spiro atoms. The van der Waals surface area contributed by atoms with Crippen molar-refractivity contribution in [2.75, 3.05) is 0 Å². The number of nitrogens with one attached hydrogen (secondary N) is 1. The van der Waals surface area contributed by atoms with Crippen LogP contribution in [-0.2, 0) is 0 Å². The van der Waals surface area contributed by atoms with Gasteiger partial charge in [0.25, 0.3) is 0 Å². The lowest BCUT2D eigenvalue weighted by Crippen LogP contribution is -1.98. The van der Waals surface area contributed by atoms with Crippen LogP contribution in [0.2, 0.25) is 0 Å². The zero-order valence-corrected chi connectivity index (χ0v) is 8.36. The summed E-state index contributed by atoms with van der Waals surface area (Å²) in [4.78, 5) is 22.1. The monoisotopic (exact) mass is 221 g/mol. The summed E-state index contributed by atoms with van der Waals surface area (Å²) in [5.74, 6) is -1.02. The molecule has 0 saturated heterocycles. The minimum atomic E-state index is -1.02. The van der Waals surface area contributed by atoms with E-state index in [1.54, 1.807) is 18.5 Å². The fourth-order valence-corrected chi connectivity index (χ4v) is 1.69. The standard InChI is InChI=1S/C9H7N3O2S/c13-8(14)7-2-1-6(5-12-7)15-9-10-3-4-11-9/h1-5H,(H,10,11)(H,13,14). The maximum Gasteiger partial charge on any atom is 0.354 e. The van der Waals surface area contributed by atoms with Crippen molar-refractivity contribution in [3.8, 4) is 0 Å². The summed E-state index contributed by atoms with van der Waals surface area (Å²) in [6, 6.07) is 3.16. The summed E-state index contributed by atoms with van der Waals surface area (Å²) in [5, 5.41) is 9.39. The fraction of sp³-hybridized carbons (Fsp3) is 0. The Morgan fingerprint density at radius 3 is 2.80 bits per heavy atom. The number of hydrogen-bond acceptors (Lipinski definition) is 4. The summed E-state index contributed by atoms with van der Waals surface area (Å²) in [5.41, 5.74) is 0.0406. The highest BCUT2D eigenvalue weighted by Gasteiger charge is 2.04. The predicted octanol–water partition coefficient (Wildman–Crippen LogP) is 1.65. The van der Waals surface area contributed by atoms with E-state index in [0.717, 1.165) is 10.1 Å². The van der Waals surface area contributed by atoms with Gasteiger partial charge in [0.15, 0.2) is 5.16 Å². The average molecular weight is 221 g/mol. The summed E-state index contributed by atoms with van der Waals surface area (Å²) in [6.45, 7) is 0. The molecule has 0 aromatic carbocycles. The normalized spacial score (nSPS) is 10.1. The quantitative estimate of drug-likeness (QED) is 0.823. The lowest BCUT2D eigenvalue weighted by Gasteiger charge is -1.97. The van der Waals surface area contributed by atoms with Gasteiger partial charge >= 0.3 is 5.97 Å². The van der Waals surface area contributed by atoms with Crippen molar-refractivity contribution in [3.63, 3.8) is 0 Å². The number of hydrogen-bond donors (Lipinski definition) is 2. The highest BCUT2D eigenvalue weighted by atomic mass is 32.2. The first-order valence-electron chi connectivity index (χ1n) is 4.12. The van der Waals surface area contributed by atoms with Crippen LogP contribution in [0.15, 0.2) is 40.8 Å². The lowest BCUT2D eigenvalue weighted by atomic mass is 10.4. The summed E-state index contributed by atoms with van der Waals surface area (Å²) in [6.07, 6.45) is 4.89. The molecule has 2 rings (SSSR count). The molecule has 0 radical (unpaired) electrons. The van der Waals surface area contributed by atoms with Crippen LogP contribution in [0.3, 0.4) is 0 Å². The molecule has 6 heteroatoms. The largest absolute Gasteiger partial charge is 0.477 e. The van der Waals surface area contributed by atoms with E-state index in [-0.39, 0.29) is 5.69 Å². The zero-order valence-electron chi connectivity index (χ0n) is 7.54. The van der Waals surface area contributed by atoms with Crippen molar-refractivity contribution < 1.29 is 9.90 Å². The Labute approximate surface area is 89.6 Å². The number of aromatic amines is 1. The van der Waals surface area contributed by atoms with E-state index in [0.29, 0.717) is 0 Å². The summed E-state index contributed by atoms with van der Waals surface area (Å²) in [7, 11) is 0. The van der Waals surface area contributed by atoms with Gasteiger partial charge in [0.2, 0.25) is 0 Å². The molecule has 2 aromatic rings. The molecule has 0 aliphatic rings. The van der Waals surface area contributed by atoms with Gasteiger partial charge in [-0.2, -0.15) is 0 Å². The second-order valence-electron chi connectivity index (χ2n) is 2.68. The van der Waals surface area contributed by atoms with Gasteiger partial charge in [-0.05, 0) is 12.1 Å². The average Bonchev–Trinajstić information content (AvgIpc) is 2.71. The number of aromatic carboxylic acids is 1. The van der Waals surface area contributed by atoms with Crippen LogP contribution >= 0.6 is 11.8 Å². The number of carboxylic acids is 1. The van der Waals surface area contributed by atoms with Gasteiger partial charge in [0.1, 0.15) is 5.69 Å². The SMILES string of the molecule is O=C(O)c1ccc(Sc2ncc[nH]2)cn1. The third-order valence-electron chi connectivity index (χ3n) is 1.64. The molecule has 2 aromatic heterocycles. The topological polar surface area (TPSA) is 78.9 Å². The number of imidazole rings is 1. The molecule has 0 saturated carbocycles. The van der Waals surface area contributed by atoms with Gasteiger partial charge in [-0.25, -0.2) is 14.8 Å². The number of carboxylic acid groups (broad SMARTS) is 1. The molecule has 2 N–H and O–H groups in total. The van der Waals surface area contributed by atoms with Gasteiger partial charge < -0.3 is 10.1 Å². The Bertz CT molecular complexity index is 453. The molecule has 0 aliphatic heterocycles. The van der Waals surface area contributed by atoms with Crippen LogP contribution in [0.25, 0.3) is 0 Å². The Morgan fingerprint density at radius 1 is 1.40 bits per heavy atom. The molecule has 5 nitrogen and oxygen atoms in total. The van der Waals surface area contributed by atoms with Crippen LogP contribution < -0.4 is 0 Å². The highest BCUT2D eigenvalue weighted by Crippen LogP contribution is 2.23. The van der Waals surface area contributed by atoms with E-state index in [1.165, 1.54) is 24.0 Å².